The fraction of sp³-hybridized carbons (Fsp3) is 0.844. The van der Waals surface area contributed by atoms with Gasteiger partial charge in [0.05, 0.1) is 18.7 Å². The molecule has 1 aliphatic heterocycles. The van der Waals surface area contributed by atoms with Gasteiger partial charge >= 0.3 is 6.03 Å². The molecule has 1 saturated heterocycles. The monoisotopic (exact) mass is 605 g/mol. The Hall–Kier alpha value is -2.69. The largest absolute Gasteiger partial charge is 0.383 e. The number of methoxy groups -OCH3 is 1. The molecule has 5 amide bonds. The van der Waals surface area contributed by atoms with E-state index in [0.29, 0.717) is 26.0 Å². The van der Waals surface area contributed by atoms with Gasteiger partial charge in [0.1, 0.15) is 12.1 Å². The van der Waals surface area contributed by atoms with Crippen LogP contribution in [0.2, 0.25) is 0 Å². The Morgan fingerprint density at radius 1 is 0.953 bits per heavy atom. The standard InChI is InChI=1S/C32H55N5O6/c1-19(2)22-16-25(29(40)34-23(26(38)28(33)39)15-21-11-10-12-21)37(17-22)30(41)27(32(5)13-8-7-9-14-32)36-31(42)35-24(18-43-6)20(3)4/h19-25,27H,7-18H2,1-6H3,(H2,33,39)(H,34,40)(H2,35,36,42)/t22-,23?,24?,25?,27?/m1/s1. The molecule has 2 saturated carbocycles. The van der Waals surface area contributed by atoms with E-state index in [0.717, 1.165) is 51.4 Å². The molecule has 11 nitrogen and oxygen atoms in total. The summed E-state index contributed by atoms with van der Waals surface area (Å²) in [6.07, 6.45) is 8.30. The lowest BCUT2D eigenvalue weighted by Crippen LogP contribution is -2.62. The van der Waals surface area contributed by atoms with Gasteiger partial charge in [-0.25, -0.2) is 4.79 Å². The molecular formula is C32H55N5O6. The fourth-order valence-corrected chi connectivity index (χ4v) is 6.85. The van der Waals surface area contributed by atoms with Gasteiger partial charge in [-0.05, 0) is 54.8 Å². The maximum Gasteiger partial charge on any atom is 0.315 e. The summed E-state index contributed by atoms with van der Waals surface area (Å²) < 4.78 is 5.29. The number of rotatable bonds is 14. The molecule has 1 heterocycles. The van der Waals surface area contributed by atoms with Crippen LogP contribution in [0.1, 0.15) is 98.8 Å². The van der Waals surface area contributed by atoms with Crippen LogP contribution in [0.25, 0.3) is 0 Å². The molecule has 0 aromatic heterocycles. The summed E-state index contributed by atoms with van der Waals surface area (Å²) in [5.74, 6) is -1.95. The van der Waals surface area contributed by atoms with Gasteiger partial charge in [-0.3, -0.25) is 19.2 Å². The highest BCUT2D eigenvalue weighted by Crippen LogP contribution is 2.41. The second-order valence-corrected chi connectivity index (χ2v) is 14.1. The molecule has 5 atom stereocenters. The predicted octanol–water partition coefficient (Wildman–Crippen LogP) is 2.90. The van der Waals surface area contributed by atoms with E-state index >= 15 is 0 Å². The van der Waals surface area contributed by atoms with E-state index in [2.05, 4.69) is 36.7 Å². The van der Waals surface area contributed by atoms with Gasteiger partial charge in [-0.2, -0.15) is 0 Å². The third kappa shape index (κ3) is 8.92. The lowest BCUT2D eigenvalue weighted by atomic mass is 9.70. The molecular weight excluding hydrogens is 550 g/mol. The highest BCUT2D eigenvalue weighted by atomic mass is 16.5. The molecule has 3 aliphatic rings. The number of carbonyl (C=O) groups is 5. The quantitative estimate of drug-likeness (QED) is 0.223. The van der Waals surface area contributed by atoms with Crippen LogP contribution in [0, 0.1) is 29.1 Å². The molecule has 4 unspecified atom stereocenters. The smallest absolute Gasteiger partial charge is 0.315 e. The van der Waals surface area contributed by atoms with Crippen molar-refractivity contribution in [1.82, 2.24) is 20.9 Å². The van der Waals surface area contributed by atoms with Crippen molar-refractivity contribution in [2.75, 3.05) is 20.3 Å². The molecule has 0 aromatic rings. The minimum atomic E-state index is -1.07. The van der Waals surface area contributed by atoms with Crippen LogP contribution in [-0.2, 0) is 23.9 Å². The summed E-state index contributed by atoms with van der Waals surface area (Å²) >= 11 is 0. The number of hydrogen-bond donors (Lipinski definition) is 4. The molecule has 3 rings (SSSR count). The molecule has 43 heavy (non-hydrogen) atoms. The Kier molecular flexibility index (Phi) is 12.4. The Balaban J connectivity index is 1.87. The molecule has 3 fully saturated rings. The molecule has 244 valence electrons. The number of ether oxygens (including phenoxy) is 1. The number of urea groups is 1. The zero-order chi connectivity index (χ0) is 31.9. The molecule has 11 heteroatoms. The van der Waals surface area contributed by atoms with Crippen LogP contribution < -0.4 is 21.7 Å². The highest BCUT2D eigenvalue weighted by molar-refractivity contribution is 6.37. The second kappa shape index (κ2) is 15.3. The van der Waals surface area contributed by atoms with Crippen molar-refractivity contribution in [2.45, 2.75) is 123 Å². The fourth-order valence-electron chi connectivity index (χ4n) is 6.85. The number of nitrogens with one attached hydrogen (secondary N) is 3. The third-order valence-electron chi connectivity index (χ3n) is 10.2. The van der Waals surface area contributed by atoms with Gasteiger partial charge < -0.3 is 31.3 Å². The first-order valence-electron chi connectivity index (χ1n) is 16.3. The Bertz CT molecular complexity index is 1010. The molecule has 0 spiro atoms. The van der Waals surface area contributed by atoms with Gasteiger partial charge in [0.15, 0.2) is 0 Å². The summed E-state index contributed by atoms with van der Waals surface area (Å²) in [7, 11) is 1.59. The zero-order valence-corrected chi connectivity index (χ0v) is 27.1. The summed E-state index contributed by atoms with van der Waals surface area (Å²) in [5.41, 5.74) is 4.86. The number of hydrogen-bond acceptors (Lipinski definition) is 6. The van der Waals surface area contributed by atoms with Crippen molar-refractivity contribution in [2.24, 2.45) is 34.8 Å². The highest BCUT2D eigenvalue weighted by Gasteiger charge is 2.49. The Morgan fingerprint density at radius 3 is 2.12 bits per heavy atom. The summed E-state index contributed by atoms with van der Waals surface area (Å²) in [4.78, 5) is 67.8. The minimum Gasteiger partial charge on any atom is -0.383 e. The van der Waals surface area contributed by atoms with E-state index in [4.69, 9.17) is 10.5 Å². The van der Waals surface area contributed by atoms with E-state index < -0.39 is 47.2 Å². The van der Waals surface area contributed by atoms with Crippen LogP contribution >= 0.6 is 0 Å². The maximum atomic E-state index is 14.5. The molecule has 0 aromatic carbocycles. The molecule has 2 aliphatic carbocycles. The van der Waals surface area contributed by atoms with Crippen molar-refractivity contribution >= 4 is 29.5 Å². The number of Topliss-reactive ketones (excluding diaryl/α,β-unsaturated/α-hetero) is 1. The first kappa shape index (κ1) is 34.8. The van der Waals surface area contributed by atoms with Gasteiger partial charge in [-0.15, -0.1) is 0 Å². The van der Waals surface area contributed by atoms with Gasteiger partial charge in [0, 0.05) is 13.7 Å². The first-order valence-corrected chi connectivity index (χ1v) is 16.3. The van der Waals surface area contributed by atoms with Crippen molar-refractivity contribution in [3.05, 3.63) is 0 Å². The van der Waals surface area contributed by atoms with Gasteiger partial charge in [0.2, 0.25) is 17.6 Å². The van der Waals surface area contributed by atoms with E-state index in [-0.39, 0.29) is 35.6 Å². The van der Waals surface area contributed by atoms with Gasteiger partial charge in [0.25, 0.3) is 5.91 Å². The third-order valence-corrected chi connectivity index (χ3v) is 10.2. The number of likely N-dealkylation sites (tertiary alicyclic amines) is 1. The average molecular weight is 606 g/mol. The second-order valence-electron chi connectivity index (χ2n) is 14.1. The lowest BCUT2D eigenvalue weighted by Gasteiger charge is -2.42. The topological polar surface area (TPSA) is 160 Å². The number of amides is 5. The SMILES string of the molecule is COCC(NC(=O)NC(C(=O)N1C[C@H](C(C)C)CC1C(=O)NC(CC1CCC1)C(=O)C(N)=O)C1(C)CCCCC1)C(C)C. The van der Waals surface area contributed by atoms with Crippen molar-refractivity contribution < 1.29 is 28.7 Å². The van der Waals surface area contributed by atoms with E-state index in [1.807, 2.05) is 13.8 Å². The minimum absolute atomic E-state index is 0.0669. The zero-order valence-electron chi connectivity index (χ0n) is 27.1. The van der Waals surface area contributed by atoms with Crippen molar-refractivity contribution in [3.8, 4) is 0 Å². The number of nitrogens with two attached hydrogens (primary N) is 1. The summed E-state index contributed by atoms with van der Waals surface area (Å²) in [5, 5.41) is 8.81. The van der Waals surface area contributed by atoms with Gasteiger partial charge in [-0.1, -0.05) is 73.1 Å². The Morgan fingerprint density at radius 2 is 1.60 bits per heavy atom. The van der Waals surface area contributed by atoms with Crippen LogP contribution in [0.15, 0.2) is 0 Å². The predicted molar refractivity (Wildman–Crippen MR) is 164 cm³/mol. The molecule has 0 radical (unpaired) electrons. The normalized spacial score (nSPS) is 24.1. The van der Waals surface area contributed by atoms with Crippen LogP contribution in [-0.4, -0.2) is 78.9 Å². The maximum absolute atomic E-state index is 14.5. The average Bonchev–Trinajstić information content (AvgIpc) is 3.38. The number of nitrogens with zero attached hydrogens (tertiary/aromatic N) is 1. The lowest BCUT2D eigenvalue weighted by molar-refractivity contribution is -0.144. The van der Waals surface area contributed by atoms with Crippen molar-refractivity contribution in [1.29, 1.82) is 0 Å². The molecule has 0 bridgehead atoms. The van der Waals surface area contributed by atoms with E-state index in [1.165, 1.54) is 0 Å². The van der Waals surface area contributed by atoms with E-state index in [1.54, 1.807) is 12.0 Å². The number of ketones is 1. The number of carbonyl (C=O) groups excluding carboxylic acids is 5. The van der Waals surface area contributed by atoms with Crippen LogP contribution in [0.5, 0.6) is 0 Å². The first-order chi connectivity index (χ1) is 20.3. The Labute approximate surface area is 257 Å². The van der Waals surface area contributed by atoms with Crippen LogP contribution in [0.4, 0.5) is 4.79 Å². The number of primary amides is 1. The van der Waals surface area contributed by atoms with E-state index in [9.17, 15) is 24.0 Å². The van der Waals surface area contributed by atoms with Crippen LogP contribution in [0.3, 0.4) is 0 Å². The summed E-state index contributed by atoms with van der Waals surface area (Å²) in [6, 6.07) is -3.32. The molecule has 5 N–H and O–H groups in total. The summed E-state index contributed by atoms with van der Waals surface area (Å²) in [6.45, 7) is 10.9. The van der Waals surface area contributed by atoms with Crippen molar-refractivity contribution in [3.63, 3.8) is 0 Å².